The van der Waals surface area contributed by atoms with Crippen LogP contribution >= 0.6 is 11.6 Å². The Morgan fingerprint density at radius 2 is 2.25 bits per heavy atom. The molecule has 0 heterocycles. The highest BCUT2D eigenvalue weighted by Crippen LogP contribution is 2.13. The molecule has 0 bridgehead atoms. The summed E-state index contributed by atoms with van der Waals surface area (Å²) in [6.45, 7) is 2.88. The van der Waals surface area contributed by atoms with Crippen molar-refractivity contribution in [1.82, 2.24) is 4.90 Å². The Hall–Kier alpha value is -1.06. The van der Waals surface area contributed by atoms with E-state index in [4.69, 9.17) is 22.7 Å². The van der Waals surface area contributed by atoms with Crippen molar-refractivity contribution in [2.24, 2.45) is 5.73 Å². The number of nitrogens with zero attached hydrogens (tertiary/aromatic N) is 1. The van der Waals surface area contributed by atoms with E-state index in [0.717, 1.165) is 11.6 Å². The minimum absolute atomic E-state index is 0.227. The summed E-state index contributed by atoms with van der Waals surface area (Å²) >= 11 is 5.92. The van der Waals surface area contributed by atoms with E-state index in [0.29, 0.717) is 6.42 Å². The molecule has 88 valence electrons. The Balaban J connectivity index is 2.56. The highest BCUT2D eigenvalue weighted by molar-refractivity contribution is 6.30. The maximum Gasteiger partial charge on any atom is 0.0920 e. The number of benzene rings is 1. The number of nitrogens with one attached hydrogen (secondary N) is 1. The molecule has 0 aliphatic heterocycles. The van der Waals surface area contributed by atoms with E-state index in [1.165, 1.54) is 5.56 Å². The SMILES string of the molecule is CC(CC(=N)N)N(C)Cc1cccc(Cl)c1. The van der Waals surface area contributed by atoms with Gasteiger partial charge in [0.15, 0.2) is 0 Å². The molecule has 0 saturated heterocycles. The minimum atomic E-state index is 0.227. The van der Waals surface area contributed by atoms with Gasteiger partial charge in [-0.3, -0.25) is 10.3 Å². The summed E-state index contributed by atoms with van der Waals surface area (Å²) in [5, 5.41) is 8.02. The van der Waals surface area contributed by atoms with Gasteiger partial charge < -0.3 is 5.73 Å². The van der Waals surface area contributed by atoms with Crippen LogP contribution in [0.5, 0.6) is 0 Å². The first-order chi connectivity index (χ1) is 7.49. The molecule has 0 saturated carbocycles. The Bertz CT molecular complexity index is 365. The molecule has 0 spiro atoms. The predicted molar refractivity (Wildman–Crippen MR) is 68.9 cm³/mol. The van der Waals surface area contributed by atoms with Gasteiger partial charge in [0.25, 0.3) is 0 Å². The Kier molecular flexibility index (Phi) is 4.77. The standard InChI is InChI=1S/C12H18ClN3/c1-9(6-12(14)15)16(2)8-10-4-3-5-11(13)7-10/h3-5,7,9H,6,8H2,1-2H3,(H3,14,15). The van der Waals surface area contributed by atoms with Crippen LogP contribution in [-0.4, -0.2) is 23.8 Å². The lowest BCUT2D eigenvalue weighted by Crippen LogP contribution is -2.32. The van der Waals surface area contributed by atoms with Crippen molar-refractivity contribution >= 4 is 17.4 Å². The summed E-state index contributed by atoms with van der Waals surface area (Å²) in [6.07, 6.45) is 0.594. The number of hydrogen-bond acceptors (Lipinski definition) is 2. The molecule has 0 aliphatic rings. The highest BCUT2D eigenvalue weighted by atomic mass is 35.5. The van der Waals surface area contributed by atoms with Crippen LogP contribution in [0.15, 0.2) is 24.3 Å². The molecule has 1 atom stereocenters. The molecule has 0 aliphatic carbocycles. The van der Waals surface area contributed by atoms with Crippen LogP contribution in [-0.2, 0) is 6.54 Å². The molecule has 1 aromatic carbocycles. The lowest BCUT2D eigenvalue weighted by Gasteiger charge is -2.24. The molecule has 1 aromatic rings. The van der Waals surface area contributed by atoms with Gasteiger partial charge in [0.05, 0.1) is 5.84 Å². The minimum Gasteiger partial charge on any atom is -0.388 e. The second-order valence-corrected chi connectivity index (χ2v) is 4.56. The molecule has 1 rings (SSSR count). The Morgan fingerprint density at radius 1 is 1.56 bits per heavy atom. The first-order valence-electron chi connectivity index (χ1n) is 5.26. The van der Waals surface area contributed by atoms with Crippen molar-refractivity contribution in [3.8, 4) is 0 Å². The Morgan fingerprint density at radius 3 is 2.81 bits per heavy atom. The second-order valence-electron chi connectivity index (χ2n) is 4.12. The quantitative estimate of drug-likeness (QED) is 0.613. The van der Waals surface area contributed by atoms with Crippen LogP contribution in [0.1, 0.15) is 18.9 Å². The zero-order valence-electron chi connectivity index (χ0n) is 9.70. The molecule has 3 nitrogen and oxygen atoms in total. The van der Waals surface area contributed by atoms with Gasteiger partial charge >= 0.3 is 0 Å². The van der Waals surface area contributed by atoms with Crippen molar-refractivity contribution in [2.45, 2.75) is 25.9 Å². The fourth-order valence-electron chi connectivity index (χ4n) is 1.55. The van der Waals surface area contributed by atoms with E-state index >= 15 is 0 Å². The van der Waals surface area contributed by atoms with Crippen molar-refractivity contribution < 1.29 is 0 Å². The number of amidine groups is 1. The van der Waals surface area contributed by atoms with Gasteiger partial charge in [0.1, 0.15) is 0 Å². The van der Waals surface area contributed by atoms with Crippen molar-refractivity contribution in [3.63, 3.8) is 0 Å². The molecule has 1 unspecified atom stereocenters. The van der Waals surface area contributed by atoms with Crippen LogP contribution in [0.4, 0.5) is 0 Å². The van der Waals surface area contributed by atoms with E-state index in [1.54, 1.807) is 0 Å². The third-order valence-electron chi connectivity index (χ3n) is 2.59. The van der Waals surface area contributed by atoms with Crippen LogP contribution in [0.25, 0.3) is 0 Å². The molecule has 3 N–H and O–H groups in total. The topological polar surface area (TPSA) is 53.1 Å². The van der Waals surface area contributed by atoms with E-state index in [9.17, 15) is 0 Å². The average molecular weight is 240 g/mol. The zero-order valence-corrected chi connectivity index (χ0v) is 10.5. The van der Waals surface area contributed by atoms with Crippen LogP contribution in [0.3, 0.4) is 0 Å². The van der Waals surface area contributed by atoms with Crippen molar-refractivity contribution in [1.29, 1.82) is 5.41 Å². The highest BCUT2D eigenvalue weighted by Gasteiger charge is 2.10. The first-order valence-corrected chi connectivity index (χ1v) is 5.64. The molecule has 0 radical (unpaired) electrons. The van der Waals surface area contributed by atoms with Gasteiger partial charge in [-0.1, -0.05) is 23.7 Å². The van der Waals surface area contributed by atoms with Gasteiger partial charge in [0.2, 0.25) is 0 Å². The summed E-state index contributed by atoms with van der Waals surface area (Å²) in [5.41, 5.74) is 6.56. The second kappa shape index (κ2) is 5.87. The normalized spacial score (nSPS) is 12.8. The third kappa shape index (κ3) is 4.21. The first kappa shape index (κ1) is 13.0. The van der Waals surface area contributed by atoms with Crippen LogP contribution in [0.2, 0.25) is 5.02 Å². The molecular formula is C12H18ClN3. The summed E-state index contributed by atoms with van der Waals surface area (Å²) in [4.78, 5) is 2.16. The number of rotatable bonds is 5. The van der Waals surface area contributed by atoms with Crippen LogP contribution < -0.4 is 5.73 Å². The molecule has 0 aromatic heterocycles. The number of hydrogen-bond donors (Lipinski definition) is 2. The average Bonchev–Trinajstić information content (AvgIpc) is 2.16. The monoisotopic (exact) mass is 239 g/mol. The fraction of sp³-hybridized carbons (Fsp3) is 0.417. The lowest BCUT2D eigenvalue weighted by atomic mass is 10.1. The van der Waals surface area contributed by atoms with Crippen molar-refractivity contribution in [2.75, 3.05) is 7.05 Å². The maximum atomic E-state index is 7.26. The summed E-state index contributed by atoms with van der Waals surface area (Å²) < 4.78 is 0. The fourth-order valence-corrected chi connectivity index (χ4v) is 1.77. The maximum absolute atomic E-state index is 7.26. The van der Waals surface area contributed by atoms with Gasteiger partial charge in [-0.25, -0.2) is 0 Å². The third-order valence-corrected chi connectivity index (χ3v) is 2.82. The van der Waals surface area contributed by atoms with Gasteiger partial charge in [-0.2, -0.15) is 0 Å². The van der Waals surface area contributed by atoms with E-state index in [-0.39, 0.29) is 11.9 Å². The summed E-state index contributed by atoms with van der Waals surface area (Å²) in [7, 11) is 2.02. The van der Waals surface area contributed by atoms with Crippen molar-refractivity contribution in [3.05, 3.63) is 34.9 Å². The van der Waals surface area contributed by atoms with E-state index in [2.05, 4.69) is 11.8 Å². The zero-order chi connectivity index (χ0) is 12.1. The molecule has 4 heteroatoms. The van der Waals surface area contributed by atoms with E-state index in [1.807, 2.05) is 31.3 Å². The van der Waals surface area contributed by atoms with Crippen LogP contribution in [0, 0.1) is 5.41 Å². The summed E-state index contributed by atoms with van der Waals surface area (Å²) in [6, 6.07) is 8.07. The number of nitrogens with two attached hydrogens (primary N) is 1. The molecule has 0 amide bonds. The molecular weight excluding hydrogens is 222 g/mol. The molecule has 0 fully saturated rings. The Labute approximate surface area is 102 Å². The predicted octanol–water partition coefficient (Wildman–Crippen LogP) is 2.49. The van der Waals surface area contributed by atoms with Gasteiger partial charge in [-0.05, 0) is 31.7 Å². The smallest absolute Gasteiger partial charge is 0.0920 e. The number of halogens is 1. The van der Waals surface area contributed by atoms with E-state index < -0.39 is 0 Å². The van der Waals surface area contributed by atoms with Gasteiger partial charge in [0, 0.05) is 24.0 Å². The lowest BCUT2D eigenvalue weighted by molar-refractivity contribution is 0.254. The molecule has 16 heavy (non-hydrogen) atoms. The largest absolute Gasteiger partial charge is 0.388 e. The summed E-state index contributed by atoms with van der Waals surface area (Å²) in [5.74, 6) is 0.227. The van der Waals surface area contributed by atoms with Gasteiger partial charge in [-0.15, -0.1) is 0 Å².